The van der Waals surface area contributed by atoms with Gasteiger partial charge >= 0.3 is 0 Å². The molecule has 1 amide bonds. The Morgan fingerprint density at radius 2 is 2.12 bits per heavy atom. The highest BCUT2D eigenvalue weighted by Crippen LogP contribution is 2.31. The molecule has 0 saturated carbocycles. The van der Waals surface area contributed by atoms with Gasteiger partial charge in [0.2, 0.25) is 0 Å². The van der Waals surface area contributed by atoms with Gasteiger partial charge in [0.05, 0.1) is 21.3 Å². The van der Waals surface area contributed by atoms with E-state index in [4.69, 9.17) is 23.2 Å². The molecule has 1 aliphatic rings. The van der Waals surface area contributed by atoms with Gasteiger partial charge in [-0.05, 0) is 43.0 Å². The Kier molecular flexibility index (Phi) is 5.27. The first kappa shape index (κ1) is 17.1. The monoisotopic (exact) mass is 363 g/mol. The molecule has 0 radical (unpaired) electrons. The van der Waals surface area contributed by atoms with Crippen LogP contribution in [0.25, 0.3) is 0 Å². The molecule has 4 nitrogen and oxygen atoms in total. The van der Waals surface area contributed by atoms with Crippen molar-refractivity contribution in [3.8, 4) is 0 Å². The van der Waals surface area contributed by atoms with Crippen molar-refractivity contribution in [1.29, 1.82) is 0 Å². The van der Waals surface area contributed by atoms with Crippen molar-refractivity contribution in [2.45, 2.75) is 19.8 Å². The third-order valence-corrected chi connectivity index (χ3v) is 4.99. The molecule has 0 bridgehead atoms. The molecule has 3 rings (SSSR count). The van der Waals surface area contributed by atoms with E-state index in [1.54, 1.807) is 24.4 Å². The summed E-state index contributed by atoms with van der Waals surface area (Å²) in [4.78, 5) is 18.8. The SMILES string of the molecule is CC1CCCN(C(=O)c2ccc(Nc3cccc(Cl)c3Cl)nc2)C1. The summed E-state index contributed by atoms with van der Waals surface area (Å²) < 4.78 is 0. The van der Waals surface area contributed by atoms with E-state index in [1.165, 1.54) is 6.42 Å². The van der Waals surface area contributed by atoms with Crippen LogP contribution in [-0.4, -0.2) is 28.9 Å². The molecule has 1 aromatic carbocycles. The van der Waals surface area contributed by atoms with Crippen molar-refractivity contribution in [2.75, 3.05) is 18.4 Å². The van der Waals surface area contributed by atoms with Crippen molar-refractivity contribution in [2.24, 2.45) is 5.92 Å². The van der Waals surface area contributed by atoms with E-state index in [1.807, 2.05) is 17.0 Å². The number of likely N-dealkylation sites (tertiary alicyclic amines) is 1. The number of carbonyl (C=O) groups is 1. The van der Waals surface area contributed by atoms with Crippen LogP contribution in [0.4, 0.5) is 11.5 Å². The summed E-state index contributed by atoms with van der Waals surface area (Å²) in [6.07, 6.45) is 3.85. The molecule has 2 aromatic rings. The van der Waals surface area contributed by atoms with Crippen LogP contribution >= 0.6 is 23.2 Å². The Hall–Kier alpha value is -1.78. The molecule has 1 aliphatic heterocycles. The van der Waals surface area contributed by atoms with E-state index >= 15 is 0 Å². The number of aromatic nitrogens is 1. The number of nitrogens with one attached hydrogen (secondary N) is 1. The summed E-state index contributed by atoms with van der Waals surface area (Å²) in [7, 11) is 0. The number of hydrogen-bond donors (Lipinski definition) is 1. The standard InChI is InChI=1S/C18H19Cl2N3O/c1-12-4-3-9-23(11-12)18(24)13-7-8-16(21-10-13)22-15-6-2-5-14(19)17(15)20/h2,5-8,10,12H,3-4,9,11H2,1H3,(H,21,22). The lowest BCUT2D eigenvalue weighted by atomic mass is 10.00. The molecule has 1 atom stereocenters. The molecule has 24 heavy (non-hydrogen) atoms. The van der Waals surface area contributed by atoms with Gasteiger partial charge in [-0.2, -0.15) is 0 Å². The third-order valence-electron chi connectivity index (χ3n) is 4.17. The predicted octanol–water partition coefficient (Wildman–Crippen LogP) is 5.00. The quantitative estimate of drug-likeness (QED) is 0.833. The second-order valence-electron chi connectivity index (χ2n) is 6.16. The van der Waals surface area contributed by atoms with Crippen molar-refractivity contribution >= 4 is 40.6 Å². The molecule has 1 fully saturated rings. The van der Waals surface area contributed by atoms with Crippen LogP contribution < -0.4 is 5.32 Å². The highest BCUT2D eigenvalue weighted by molar-refractivity contribution is 6.43. The number of hydrogen-bond acceptors (Lipinski definition) is 3. The van der Waals surface area contributed by atoms with E-state index in [2.05, 4.69) is 17.2 Å². The maximum Gasteiger partial charge on any atom is 0.255 e. The average Bonchev–Trinajstić information content (AvgIpc) is 2.59. The first-order chi connectivity index (χ1) is 11.5. The fourth-order valence-corrected chi connectivity index (χ4v) is 3.24. The lowest BCUT2D eigenvalue weighted by molar-refractivity contribution is 0.0682. The first-order valence-corrected chi connectivity index (χ1v) is 8.76. The molecule has 1 aromatic heterocycles. The number of nitrogens with zero attached hydrogens (tertiary/aromatic N) is 2. The molecule has 0 spiro atoms. The van der Waals surface area contributed by atoms with E-state index in [0.29, 0.717) is 33.0 Å². The molecular formula is C18H19Cl2N3O. The number of pyridine rings is 1. The van der Waals surface area contributed by atoms with Gasteiger partial charge in [0.25, 0.3) is 5.91 Å². The highest BCUT2D eigenvalue weighted by atomic mass is 35.5. The number of benzene rings is 1. The van der Waals surface area contributed by atoms with Crippen molar-refractivity contribution in [1.82, 2.24) is 9.88 Å². The first-order valence-electron chi connectivity index (χ1n) is 8.01. The fourth-order valence-electron chi connectivity index (χ4n) is 2.89. The van der Waals surface area contributed by atoms with Gasteiger partial charge < -0.3 is 10.2 Å². The smallest absolute Gasteiger partial charge is 0.255 e. The zero-order chi connectivity index (χ0) is 17.1. The largest absolute Gasteiger partial charge is 0.339 e. The van der Waals surface area contributed by atoms with Gasteiger partial charge in [0.15, 0.2) is 0 Å². The van der Waals surface area contributed by atoms with Gasteiger partial charge in [0, 0.05) is 19.3 Å². The fraction of sp³-hybridized carbons (Fsp3) is 0.333. The predicted molar refractivity (Wildman–Crippen MR) is 98.3 cm³/mol. The van der Waals surface area contributed by atoms with Crippen molar-refractivity contribution in [3.63, 3.8) is 0 Å². The molecule has 1 saturated heterocycles. The molecule has 1 unspecified atom stereocenters. The second-order valence-corrected chi connectivity index (χ2v) is 6.94. The topological polar surface area (TPSA) is 45.2 Å². The molecule has 6 heteroatoms. The Bertz CT molecular complexity index is 734. The molecule has 1 N–H and O–H groups in total. The number of halogens is 2. The lowest BCUT2D eigenvalue weighted by Gasteiger charge is -2.30. The van der Waals surface area contributed by atoms with E-state index in [9.17, 15) is 4.79 Å². The van der Waals surface area contributed by atoms with Crippen LogP contribution in [0.1, 0.15) is 30.1 Å². The number of amides is 1. The van der Waals surface area contributed by atoms with E-state index in [-0.39, 0.29) is 5.91 Å². The molecule has 126 valence electrons. The van der Waals surface area contributed by atoms with Gasteiger partial charge in [-0.15, -0.1) is 0 Å². The minimum Gasteiger partial charge on any atom is -0.339 e. The number of anilines is 2. The number of piperidine rings is 1. The second kappa shape index (κ2) is 7.41. The number of rotatable bonds is 3. The van der Waals surface area contributed by atoms with E-state index in [0.717, 1.165) is 19.5 Å². The maximum atomic E-state index is 12.5. The maximum absolute atomic E-state index is 12.5. The minimum absolute atomic E-state index is 0.0430. The summed E-state index contributed by atoms with van der Waals surface area (Å²) in [6, 6.07) is 8.92. The minimum atomic E-state index is 0.0430. The van der Waals surface area contributed by atoms with Crippen LogP contribution in [0, 0.1) is 5.92 Å². The zero-order valence-electron chi connectivity index (χ0n) is 13.4. The third kappa shape index (κ3) is 3.82. The lowest BCUT2D eigenvalue weighted by Crippen LogP contribution is -2.39. The van der Waals surface area contributed by atoms with Gasteiger partial charge in [0.1, 0.15) is 5.82 Å². The highest BCUT2D eigenvalue weighted by Gasteiger charge is 2.22. The zero-order valence-corrected chi connectivity index (χ0v) is 14.9. The Morgan fingerprint density at radius 1 is 1.29 bits per heavy atom. The van der Waals surface area contributed by atoms with E-state index < -0.39 is 0 Å². The van der Waals surface area contributed by atoms with Crippen LogP contribution in [0.15, 0.2) is 36.5 Å². The average molecular weight is 364 g/mol. The summed E-state index contributed by atoms with van der Waals surface area (Å²) in [5.41, 5.74) is 1.28. The van der Waals surface area contributed by atoms with Crippen LogP contribution in [0.5, 0.6) is 0 Å². The Morgan fingerprint density at radius 3 is 2.83 bits per heavy atom. The van der Waals surface area contributed by atoms with Crippen molar-refractivity contribution < 1.29 is 4.79 Å². The summed E-state index contributed by atoms with van der Waals surface area (Å²) in [6.45, 7) is 3.82. The van der Waals surface area contributed by atoms with Crippen LogP contribution in [0.3, 0.4) is 0 Å². The van der Waals surface area contributed by atoms with Gasteiger partial charge in [-0.3, -0.25) is 4.79 Å². The Balaban J connectivity index is 1.71. The summed E-state index contributed by atoms with van der Waals surface area (Å²) in [5.74, 6) is 1.21. The van der Waals surface area contributed by atoms with Crippen LogP contribution in [-0.2, 0) is 0 Å². The van der Waals surface area contributed by atoms with Gasteiger partial charge in [-0.25, -0.2) is 4.98 Å². The van der Waals surface area contributed by atoms with Crippen LogP contribution in [0.2, 0.25) is 10.0 Å². The van der Waals surface area contributed by atoms with Gasteiger partial charge in [-0.1, -0.05) is 36.2 Å². The summed E-state index contributed by atoms with van der Waals surface area (Å²) in [5, 5.41) is 4.04. The summed E-state index contributed by atoms with van der Waals surface area (Å²) >= 11 is 12.2. The molecular weight excluding hydrogens is 345 g/mol. The van der Waals surface area contributed by atoms with Crippen molar-refractivity contribution in [3.05, 3.63) is 52.1 Å². The molecule has 2 heterocycles. The number of carbonyl (C=O) groups excluding carboxylic acids is 1. The Labute approximate surface area is 151 Å². The normalized spacial score (nSPS) is 17.6. The molecule has 0 aliphatic carbocycles.